The number of carbonyl (C=O) groups is 1. The van der Waals surface area contributed by atoms with Gasteiger partial charge < -0.3 is 15.6 Å². The third-order valence-electron chi connectivity index (χ3n) is 7.46. The Labute approximate surface area is 255 Å². The van der Waals surface area contributed by atoms with Crippen LogP contribution in [-0.2, 0) is 0 Å². The van der Waals surface area contributed by atoms with Crippen molar-refractivity contribution in [2.75, 3.05) is 29.9 Å². The van der Waals surface area contributed by atoms with E-state index >= 15 is 0 Å². The SMILES string of the molecule is CCCCN(C(=O)Nc1c(C(C)C)cccc1C(C)C)c1c(-c2cccc(C#CCNCC)c2)c2cccnc2[nH]c1=O. The van der Waals surface area contributed by atoms with Crippen LogP contribution in [0.4, 0.5) is 16.2 Å². The van der Waals surface area contributed by atoms with Gasteiger partial charge in [-0.1, -0.05) is 90.1 Å². The topological polar surface area (TPSA) is 90.1 Å². The number of pyridine rings is 2. The van der Waals surface area contributed by atoms with Crippen LogP contribution >= 0.6 is 0 Å². The average molecular weight is 578 g/mol. The number of rotatable bonds is 10. The van der Waals surface area contributed by atoms with Crippen molar-refractivity contribution >= 4 is 28.4 Å². The zero-order valence-electron chi connectivity index (χ0n) is 26.2. The summed E-state index contributed by atoms with van der Waals surface area (Å²) in [6.45, 7) is 14.4. The molecule has 4 rings (SSSR count). The Morgan fingerprint density at radius 2 is 1.72 bits per heavy atom. The summed E-state index contributed by atoms with van der Waals surface area (Å²) in [7, 11) is 0. The van der Waals surface area contributed by atoms with Crippen molar-refractivity contribution in [2.45, 2.75) is 66.2 Å². The van der Waals surface area contributed by atoms with E-state index in [2.05, 4.69) is 79.2 Å². The molecule has 0 spiro atoms. The Morgan fingerprint density at radius 1 is 1.00 bits per heavy atom. The highest BCUT2D eigenvalue weighted by Gasteiger charge is 2.27. The van der Waals surface area contributed by atoms with E-state index in [1.165, 1.54) is 0 Å². The molecule has 0 aliphatic carbocycles. The number of aromatic amines is 1. The summed E-state index contributed by atoms with van der Waals surface area (Å²) in [6, 6.07) is 17.4. The Balaban J connectivity index is 1.91. The standard InChI is InChI=1S/C36H43N5O2/c1-7-9-22-41(36(43)39-32-28(24(3)4)17-11-18-29(32)25(5)6)33-31(30-19-13-21-38-34(30)40-35(33)42)27-16-10-14-26(23-27)15-12-20-37-8-2/h10-11,13-14,16-19,21,23-25,37H,7-9,20,22H2,1-6H3,(H,39,43)(H,38,40,42). The molecule has 7 heteroatoms. The molecule has 0 saturated carbocycles. The zero-order valence-corrected chi connectivity index (χ0v) is 26.2. The molecule has 0 fully saturated rings. The van der Waals surface area contributed by atoms with Crippen LogP contribution in [0.3, 0.4) is 0 Å². The first-order valence-electron chi connectivity index (χ1n) is 15.3. The number of amides is 2. The summed E-state index contributed by atoms with van der Waals surface area (Å²) in [5, 5.41) is 7.22. The molecule has 4 aromatic rings. The van der Waals surface area contributed by atoms with Crippen LogP contribution in [0.2, 0.25) is 0 Å². The summed E-state index contributed by atoms with van der Waals surface area (Å²) in [6.07, 6.45) is 3.25. The fourth-order valence-corrected chi connectivity index (χ4v) is 5.25. The van der Waals surface area contributed by atoms with Gasteiger partial charge in [0.1, 0.15) is 11.3 Å². The fourth-order valence-electron chi connectivity index (χ4n) is 5.25. The fraction of sp³-hybridized carbons (Fsp3) is 0.361. The van der Waals surface area contributed by atoms with Gasteiger partial charge in [-0.3, -0.25) is 9.69 Å². The number of fused-ring (bicyclic) bond motifs is 1. The number of nitrogens with zero attached hydrogens (tertiary/aromatic N) is 2. The first-order valence-corrected chi connectivity index (χ1v) is 15.3. The van der Waals surface area contributed by atoms with E-state index in [9.17, 15) is 9.59 Å². The van der Waals surface area contributed by atoms with Gasteiger partial charge in [-0.2, -0.15) is 0 Å². The van der Waals surface area contributed by atoms with Crippen LogP contribution in [-0.4, -0.2) is 35.6 Å². The molecule has 0 aliphatic heterocycles. The molecule has 0 saturated heterocycles. The Bertz CT molecular complexity index is 1670. The van der Waals surface area contributed by atoms with E-state index in [0.717, 1.165) is 52.7 Å². The maximum absolute atomic E-state index is 14.3. The van der Waals surface area contributed by atoms with Gasteiger partial charge >= 0.3 is 6.03 Å². The second-order valence-corrected chi connectivity index (χ2v) is 11.3. The Hall–Kier alpha value is -4.41. The number of hydrogen-bond donors (Lipinski definition) is 3. The molecule has 2 amide bonds. The van der Waals surface area contributed by atoms with Crippen LogP contribution in [0.25, 0.3) is 22.2 Å². The van der Waals surface area contributed by atoms with E-state index in [1.807, 2.05) is 49.4 Å². The molecule has 3 N–H and O–H groups in total. The lowest BCUT2D eigenvalue weighted by atomic mass is 9.92. The molecule has 224 valence electrons. The van der Waals surface area contributed by atoms with E-state index in [-0.39, 0.29) is 23.4 Å². The third kappa shape index (κ3) is 7.33. The molecule has 43 heavy (non-hydrogen) atoms. The molecule has 2 aromatic heterocycles. The van der Waals surface area contributed by atoms with Crippen molar-refractivity contribution in [1.82, 2.24) is 15.3 Å². The smallest absolute Gasteiger partial charge is 0.307 e. The van der Waals surface area contributed by atoms with Crippen LogP contribution in [0, 0.1) is 11.8 Å². The van der Waals surface area contributed by atoms with Crippen molar-refractivity contribution in [2.24, 2.45) is 0 Å². The molecular formula is C36H43N5O2. The number of H-pyrrole nitrogens is 1. The first-order chi connectivity index (χ1) is 20.8. The van der Waals surface area contributed by atoms with Crippen molar-refractivity contribution < 1.29 is 4.79 Å². The number of carbonyl (C=O) groups excluding carboxylic acids is 1. The highest BCUT2D eigenvalue weighted by molar-refractivity contribution is 6.09. The lowest BCUT2D eigenvalue weighted by Gasteiger charge is -2.27. The minimum atomic E-state index is -0.364. The second-order valence-electron chi connectivity index (χ2n) is 11.3. The maximum atomic E-state index is 14.3. The molecular weight excluding hydrogens is 534 g/mol. The molecule has 2 aromatic carbocycles. The quantitative estimate of drug-likeness (QED) is 0.133. The van der Waals surface area contributed by atoms with Crippen molar-refractivity contribution in [3.8, 4) is 23.0 Å². The van der Waals surface area contributed by atoms with Crippen LogP contribution < -0.4 is 21.1 Å². The molecule has 0 bridgehead atoms. The lowest BCUT2D eigenvalue weighted by molar-refractivity contribution is 0.256. The highest BCUT2D eigenvalue weighted by Crippen LogP contribution is 2.36. The van der Waals surface area contributed by atoms with Gasteiger partial charge in [-0.05, 0) is 65.8 Å². The average Bonchev–Trinajstić information content (AvgIpc) is 2.99. The number of hydrogen-bond acceptors (Lipinski definition) is 4. The van der Waals surface area contributed by atoms with Gasteiger partial charge in [0, 0.05) is 34.9 Å². The zero-order chi connectivity index (χ0) is 30.9. The Morgan fingerprint density at radius 3 is 2.40 bits per heavy atom. The predicted octanol–water partition coefficient (Wildman–Crippen LogP) is 7.64. The summed E-state index contributed by atoms with van der Waals surface area (Å²) in [5.74, 6) is 6.79. The van der Waals surface area contributed by atoms with Crippen molar-refractivity contribution in [3.63, 3.8) is 0 Å². The van der Waals surface area contributed by atoms with Crippen LogP contribution in [0.1, 0.15) is 82.9 Å². The molecule has 0 radical (unpaired) electrons. The van der Waals surface area contributed by atoms with Gasteiger partial charge in [0.2, 0.25) is 0 Å². The number of urea groups is 1. The first kappa shape index (κ1) is 31.5. The van der Waals surface area contributed by atoms with Crippen molar-refractivity contribution in [3.05, 3.63) is 87.8 Å². The summed E-state index contributed by atoms with van der Waals surface area (Å²) < 4.78 is 0. The predicted molar refractivity (Wildman–Crippen MR) is 179 cm³/mol. The number of benzene rings is 2. The van der Waals surface area contributed by atoms with E-state index in [0.29, 0.717) is 30.0 Å². The summed E-state index contributed by atoms with van der Waals surface area (Å²) in [5.41, 5.74) is 5.65. The monoisotopic (exact) mass is 577 g/mol. The minimum Gasteiger partial charge on any atom is -0.307 e. The molecule has 0 unspecified atom stereocenters. The third-order valence-corrected chi connectivity index (χ3v) is 7.46. The van der Waals surface area contributed by atoms with Crippen molar-refractivity contribution in [1.29, 1.82) is 0 Å². The van der Waals surface area contributed by atoms with Gasteiger partial charge in [0.15, 0.2) is 0 Å². The Kier molecular flexibility index (Phi) is 10.7. The number of para-hydroxylation sites is 1. The second kappa shape index (κ2) is 14.7. The van der Waals surface area contributed by atoms with Crippen LogP contribution in [0.15, 0.2) is 65.6 Å². The number of unbranched alkanes of at least 4 members (excludes halogenated alkanes) is 1. The normalized spacial score (nSPS) is 11.1. The van der Waals surface area contributed by atoms with Gasteiger partial charge in [0.25, 0.3) is 5.56 Å². The summed E-state index contributed by atoms with van der Waals surface area (Å²) in [4.78, 5) is 37.2. The van der Waals surface area contributed by atoms with E-state index in [1.54, 1.807) is 11.1 Å². The van der Waals surface area contributed by atoms with E-state index in [4.69, 9.17) is 0 Å². The maximum Gasteiger partial charge on any atom is 0.326 e. The molecule has 0 aliphatic rings. The number of anilines is 2. The minimum absolute atomic E-state index is 0.208. The van der Waals surface area contributed by atoms with E-state index < -0.39 is 0 Å². The highest BCUT2D eigenvalue weighted by atomic mass is 16.2. The van der Waals surface area contributed by atoms with Gasteiger partial charge in [0.05, 0.1) is 6.54 Å². The lowest BCUT2D eigenvalue weighted by Crippen LogP contribution is -2.40. The number of nitrogens with one attached hydrogen (secondary N) is 3. The molecule has 0 atom stereocenters. The molecule has 2 heterocycles. The van der Waals surface area contributed by atoms with Gasteiger partial charge in [-0.15, -0.1) is 0 Å². The largest absolute Gasteiger partial charge is 0.326 e. The van der Waals surface area contributed by atoms with Crippen LogP contribution in [0.5, 0.6) is 0 Å². The summed E-state index contributed by atoms with van der Waals surface area (Å²) >= 11 is 0. The van der Waals surface area contributed by atoms with Gasteiger partial charge in [-0.25, -0.2) is 9.78 Å². The molecule has 7 nitrogen and oxygen atoms in total. The number of aromatic nitrogens is 2.